The fourth-order valence-corrected chi connectivity index (χ4v) is 1.93. The maximum absolute atomic E-state index is 11.9. The summed E-state index contributed by atoms with van der Waals surface area (Å²) in [4.78, 5) is 18.1. The Morgan fingerprint density at radius 3 is 3.26 bits per heavy atom. The smallest absolute Gasteiger partial charge is 0.270 e. The third-order valence-corrected chi connectivity index (χ3v) is 2.99. The van der Waals surface area contributed by atoms with Crippen LogP contribution in [0.4, 0.5) is 5.69 Å². The molecule has 19 heavy (non-hydrogen) atoms. The number of aromatic nitrogens is 1. The normalized spacial score (nSPS) is 20.0. The first-order valence-electron chi connectivity index (χ1n) is 6.20. The van der Waals surface area contributed by atoms with Crippen LogP contribution >= 0.6 is 0 Å². The quantitative estimate of drug-likeness (QED) is 0.498. The number of hydrogen-bond donors (Lipinski definition) is 3. The van der Waals surface area contributed by atoms with Gasteiger partial charge in [-0.2, -0.15) is 0 Å². The highest BCUT2D eigenvalue weighted by atomic mass is 16.5. The number of amides is 1. The van der Waals surface area contributed by atoms with Crippen molar-refractivity contribution in [3.05, 3.63) is 24.0 Å². The van der Waals surface area contributed by atoms with Crippen molar-refractivity contribution in [1.29, 1.82) is 0 Å². The monoisotopic (exact) mass is 265 g/mol. The van der Waals surface area contributed by atoms with Gasteiger partial charge in [0.25, 0.3) is 5.91 Å². The number of nitrogens with two attached hydrogens (primary N) is 1. The minimum absolute atomic E-state index is 0.0264. The molecule has 1 saturated heterocycles. The average Bonchev–Trinajstić information content (AvgIpc) is 2.45. The number of anilines is 1. The summed E-state index contributed by atoms with van der Waals surface area (Å²) in [5.41, 5.74) is 3.46. The van der Waals surface area contributed by atoms with Gasteiger partial charge in [0.05, 0.1) is 18.4 Å². The standard InChI is InChI=1S/C12H19N5O2/c1-17-4-5-19-10(8-17)7-15-12(18)11-6-9(16-13)2-3-14-11/h2-3,6,10H,4-5,7-8,13H2,1H3,(H,14,16)(H,15,18). The first kappa shape index (κ1) is 13.7. The van der Waals surface area contributed by atoms with Crippen molar-refractivity contribution in [2.45, 2.75) is 6.10 Å². The number of morpholine rings is 1. The van der Waals surface area contributed by atoms with E-state index in [4.69, 9.17) is 10.6 Å². The lowest BCUT2D eigenvalue weighted by Crippen LogP contribution is -2.46. The lowest BCUT2D eigenvalue weighted by Gasteiger charge is -2.30. The molecule has 1 aliphatic rings. The Labute approximate surface area is 112 Å². The molecule has 2 rings (SSSR count). The Morgan fingerprint density at radius 2 is 2.53 bits per heavy atom. The molecule has 0 radical (unpaired) electrons. The number of pyridine rings is 1. The number of nitrogens with zero attached hydrogens (tertiary/aromatic N) is 2. The van der Waals surface area contributed by atoms with Crippen LogP contribution in [-0.4, -0.2) is 55.2 Å². The van der Waals surface area contributed by atoms with E-state index in [1.165, 1.54) is 6.20 Å². The van der Waals surface area contributed by atoms with Gasteiger partial charge < -0.3 is 20.4 Å². The number of carbonyl (C=O) groups excluding carboxylic acids is 1. The van der Waals surface area contributed by atoms with Crippen molar-refractivity contribution in [3.8, 4) is 0 Å². The molecule has 0 aliphatic carbocycles. The summed E-state index contributed by atoms with van der Waals surface area (Å²) in [5.74, 6) is 5.06. The highest BCUT2D eigenvalue weighted by molar-refractivity contribution is 5.93. The topological polar surface area (TPSA) is 92.5 Å². The van der Waals surface area contributed by atoms with Gasteiger partial charge in [-0.25, -0.2) is 0 Å². The lowest BCUT2D eigenvalue weighted by molar-refractivity contribution is -0.0175. The van der Waals surface area contributed by atoms with E-state index in [1.807, 2.05) is 7.05 Å². The van der Waals surface area contributed by atoms with E-state index in [1.54, 1.807) is 12.1 Å². The highest BCUT2D eigenvalue weighted by Crippen LogP contribution is 2.06. The molecule has 1 aromatic heterocycles. The molecule has 2 heterocycles. The number of hydrazine groups is 1. The fraction of sp³-hybridized carbons (Fsp3) is 0.500. The van der Waals surface area contributed by atoms with E-state index in [-0.39, 0.29) is 12.0 Å². The second-order valence-corrected chi connectivity index (χ2v) is 4.54. The van der Waals surface area contributed by atoms with Gasteiger partial charge in [0.2, 0.25) is 0 Å². The number of likely N-dealkylation sites (N-methyl/N-ethyl adjacent to an activating group) is 1. The third-order valence-electron chi connectivity index (χ3n) is 2.99. The number of hydrogen-bond acceptors (Lipinski definition) is 6. The maximum Gasteiger partial charge on any atom is 0.270 e. The van der Waals surface area contributed by atoms with Gasteiger partial charge in [-0.3, -0.25) is 15.6 Å². The minimum atomic E-state index is -0.228. The Hall–Kier alpha value is -1.70. The van der Waals surface area contributed by atoms with Crippen molar-refractivity contribution >= 4 is 11.6 Å². The zero-order valence-electron chi connectivity index (χ0n) is 10.9. The predicted octanol–water partition coefficient (Wildman–Crippen LogP) is -0.572. The van der Waals surface area contributed by atoms with E-state index in [0.29, 0.717) is 24.5 Å². The summed E-state index contributed by atoms with van der Waals surface area (Å²) < 4.78 is 5.57. The summed E-state index contributed by atoms with van der Waals surface area (Å²) in [6.07, 6.45) is 1.56. The van der Waals surface area contributed by atoms with E-state index >= 15 is 0 Å². The van der Waals surface area contributed by atoms with Crippen LogP contribution in [0, 0.1) is 0 Å². The van der Waals surface area contributed by atoms with E-state index in [2.05, 4.69) is 20.6 Å². The molecule has 7 heteroatoms. The molecule has 0 aromatic carbocycles. The van der Waals surface area contributed by atoms with Crippen molar-refractivity contribution in [2.75, 3.05) is 38.7 Å². The second-order valence-electron chi connectivity index (χ2n) is 4.54. The van der Waals surface area contributed by atoms with E-state index < -0.39 is 0 Å². The van der Waals surface area contributed by atoms with E-state index in [9.17, 15) is 4.79 Å². The maximum atomic E-state index is 11.9. The molecule has 1 unspecified atom stereocenters. The SMILES string of the molecule is CN1CCOC(CNC(=O)c2cc(NN)ccn2)C1. The number of rotatable bonds is 4. The van der Waals surface area contributed by atoms with Crippen LogP contribution in [0.5, 0.6) is 0 Å². The van der Waals surface area contributed by atoms with Crippen LogP contribution in [-0.2, 0) is 4.74 Å². The minimum Gasteiger partial charge on any atom is -0.374 e. The molecule has 7 nitrogen and oxygen atoms in total. The van der Waals surface area contributed by atoms with Gasteiger partial charge in [-0.15, -0.1) is 0 Å². The molecule has 1 fully saturated rings. The van der Waals surface area contributed by atoms with Gasteiger partial charge >= 0.3 is 0 Å². The highest BCUT2D eigenvalue weighted by Gasteiger charge is 2.18. The molecule has 1 aromatic rings. The number of ether oxygens (including phenoxy) is 1. The number of nitrogen functional groups attached to an aromatic ring is 1. The Morgan fingerprint density at radius 1 is 1.68 bits per heavy atom. The Kier molecular flexibility index (Phi) is 4.67. The first-order chi connectivity index (χ1) is 9.19. The molecular weight excluding hydrogens is 246 g/mol. The van der Waals surface area contributed by atoms with Crippen molar-refractivity contribution in [1.82, 2.24) is 15.2 Å². The van der Waals surface area contributed by atoms with Gasteiger partial charge in [0.15, 0.2) is 0 Å². The molecule has 1 atom stereocenters. The number of nitrogens with one attached hydrogen (secondary N) is 2. The van der Waals surface area contributed by atoms with Gasteiger partial charge in [-0.05, 0) is 19.2 Å². The van der Waals surface area contributed by atoms with Gasteiger partial charge in [-0.1, -0.05) is 0 Å². The Bertz CT molecular complexity index is 440. The predicted molar refractivity (Wildman–Crippen MR) is 71.6 cm³/mol. The molecule has 104 valence electrons. The molecule has 0 saturated carbocycles. The summed E-state index contributed by atoms with van der Waals surface area (Å²) >= 11 is 0. The van der Waals surface area contributed by atoms with Gasteiger partial charge in [0, 0.05) is 25.8 Å². The zero-order chi connectivity index (χ0) is 13.7. The van der Waals surface area contributed by atoms with Gasteiger partial charge in [0.1, 0.15) is 5.69 Å². The van der Waals surface area contributed by atoms with Crippen molar-refractivity contribution < 1.29 is 9.53 Å². The van der Waals surface area contributed by atoms with Crippen LogP contribution in [0.3, 0.4) is 0 Å². The average molecular weight is 265 g/mol. The van der Waals surface area contributed by atoms with Crippen molar-refractivity contribution in [3.63, 3.8) is 0 Å². The Balaban J connectivity index is 1.86. The second kappa shape index (κ2) is 6.46. The molecule has 1 aliphatic heterocycles. The molecule has 1 amide bonds. The van der Waals surface area contributed by atoms with E-state index in [0.717, 1.165) is 13.1 Å². The molecule has 0 bridgehead atoms. The third kappa shape index (κ3) is 3.88. The molecule has 0 spiro atoms. The fourth-order valence-electron chi connectivity index (χ4n) is 1.93. The molecule has 4 N–H and O–H groups in total. The summed E-state index contributed by atoms with van der Waals surface area (Å²) in [7, 11) is 2.04. The largest absolute Gasteiger partial charge is 0.374 e. The zero-order valence-corrected chi connectivity index (χ0v) is 10.9. The lowest BCUT2D eigenvalue weighted by atomic mass is 10.2. The summed E-state index contributed by atoms with van der Waals surface area (Å²) in [5, 5.41) is 2.82. The van der Waals surface area contributed by atoms with Crippen LogP contribution in [0.2, 0.25) is 0 Å². The van der Waals surface area contributed by atoms with Crippen LogP contribution < -0.4 is 16.6 Å². The molecular formula is C12H19N5O2. The summed E-state index contributed by atoms with van der Waals surface area (Å²) in [6.45, 7) is 2.92. The van der Waals surface area contributed by atoms with Crippen LogP contribution in [0.15, 0.2) is 18.3 Å². The van der Waals surface area contributed by atoms with Crippen molar-refractivity contribution in [2.24, 2.45) is 5.84 Å². The first-order valence-corrected chi connectivity index (χ1v) is 6.20. The van der Waals surface area contributed by atoms with Crippen LogP contribution in [0.1, 0.15) is 10.5 Å². The van der Waals surface area contributed by atoms with Crippen LogP contribution in [0.25, 0.3) is 0 Å². The summed E-state index contributed by atoms with van der Waals surface area (Å²) in [6, 6.07) is 3.29. The number of carbonyl (C=O) groups is 1.